The molecule has 2 heterocycles. The number of carboxylic acid groups (broad SMARTS) is 2. The number of hydrogen-bond donors (Lipinski definition) is 4. The molecule has 700 valence electrons. The third-order valence-corrected chi connectivity index (χ3v) is 22.2. The molecule has 11 aromatic rings. The number of nitrogens with two attached hydrogens (primary N) is 2. The van der Waals surface area contributed by atoms with Crippen LogP contribution in [0.3, 0.4) is 0 Å². The molecule has 0 radical (unpaired) electrons. The first-order valence-electron chi connectivity index (χ1n) is 40.9. The highest BCUT2D eigenvalue weighted by Crippen LogP contribution is 2.32. The lowest BCUT2D eigenvalue weighted by molar-refractivity contribution is -0.387. The number of benzene rings is 9. The van der Waals surface area contributed by atoms with Gasteiger partial charge in [0.15, 0.2) is 0 Å². The number of aromatic nitrogens is 4. The molecule has 0 saturated heterocycles. The van der Waals surface area contributed by atoms with Gasteiger partial charge in [0.2, 0.25) is 11.6 Å². The second-order valence-corrected chi connectivity index (χ2v) is 34.6. The first-order valence-corrected chi connectivity index (χ1v) is 42.7. The van der Waals surface area contributed by atoms with Crippen LogP contribution in [0.15, 0.2) is 188 Å². The Morgan fingerprint density at radius 1 is 0.429 bits per heavy atom. The molecule has 0 saturated carbocycles. The Morgan fingerprint density at radius 2 is 0.722 bits per heavy atom. The monoisotopic (exact) mass is 1980 g/mol. The second kappa shape index (κ2) is 51.4. The van der Waals surface area contributed by atoms with Gasteiger partial charge in [-0.15, -0.1) is 0 Å². The van der Waals surface area contributed by atoms with E-state index in [0.29, 0.717) is 60.8 Å². The summed E-state index contributed by atoms with van der Waals surface area (Å²) in [7, 11) is 0. The molecule has 7 atom stereocenters. The number of nitriles is 3. The number of carboxylic acids is 2. The average Bonchev–Trinajstić information content (AvgIpc) is 1.64. The van der Waals surface area contributed by atoms with Crippen molar-refractivity contribution in [2.75, 3.05) is 5.73 Å². The number of aliphatic carboxylic acids is 2. The molecule has 0 aliphatic heterocycles. The SMILES string of the molecule is CC(=O)C(C)c1ccc(C#N)c(F)c1.CC(=O)C(C)c1ccc(I)c(F)c1.CC(=O)C(C)c1ccc(N)c(F)c1.CC(=O)C(C)c1ccc([N+](=O)[O-])c(F)c1.CC(C(=O)CCc1cc(C(C)(C)C)nn1-c1cccc(Cl)c1)c1ccc(C#N)c(F)c1.CC(C(=O)O)c1ccc(C#N)c(F)c1.CC(C(=O)O)c1ccc([N+](=O)[O-])c(F)c1.CC(C)(C)c1cc(CN)n(-c2cccc(Cl)c2)n1. The molecular weight excluding hydrogens is 1880 g/mol. The van der Waals surface area contributed by atoms with Crippen LogP contribution in [0.2, 0.25) is 10.0 Å². The third kappa shape index (κ3) is 33.7. The van der Waals surface area contributed by atoms with Crippen molar-refractivity contribution in [3.05, 3.63) is 341 Å². The van der Waals surface area contributed by atoms with Crippen molar-refractivity contribution < 1.29 is 84.4 Å². The predicted molar refractivity (Wildman–Crippen MR) is 502 cm³/mol. The van der Waals surface area contributed by atoms with Crippen molar-refractivity contribution in [3.8, 4) is 29.6 Å². The molecule has 133 heavy (non-hydrogen) atoms. The Kier molecular flexibility index (Phi) is 43.2. The zero-order chi connectivity index (χ0) is 101. The zero-order valence-electron chi connectivity index (χ0n) is 75.9. The van der Waals surface area contributed by atoms with Crippen molar-refractivity contribution in [1.82, 2.24) is 19.6 Å². The van der Waals surface area contributed by atoms with E-state index in [-0.39, 0.29) is 91.3 Å². The molecule has 7 unspecified atom stereocenters. The highest BCUT2D eigenvalue weighted by molar-refractivity contribution is 14.1. The van der Waals surface area contributed by atoms with Crippen LogP contribution in [0.1, 0.15) is 244 Å². The topological polar surface area (TPSA) is 405 Å². The number of nitro groups is 2. The molecular formula is C99H101Cl2F7IN11O13. The van der Waals surface area contributed by atoms with Crippen LogP contribution >= 0.6 is 45.8 Å². The highest BCUT2D eigenvalue weighted by atomic mass is 127. The number of anilines is 1. The van der Waals surface area contributed by atoms with Crippen LogP contribution < -0.4 is 11.5 Å². The van der Waals surface area contributed by atoms with E-state index in [1.807, 2.05) is 80.5 Å². The lowest BCUT2D eigenvalue weighted by Gasteiger charge is -2.14. The Balaban J connectivity index is 0.000000325. The minimum absolute atomic E-state index is 0.000241. The molecule has 0 bridgehead atoms. The van der Waals surface area contributed by atoms with Crippen LogP contribution in [0, 0.1) is 98.5 Å². The molecule has 2 aromatic heterocycles. The third-order valence-electron chi connectivity index (χ3n) is 20.9. The maximum Gasteiger partial charge on any atom is 0.310 e. The maximum absolute atomic E-state index is 14.0. The van der Waals surface area contributed by atoms with E-state index in [0.717, 1.165) is 70.0 Å². The summed E-state index contributed by atoms with van der Waals surface area (Å²) in [6.45, 7) is 30.5. The van der Waals surface area contributed by atoms with Crippen molar-refractivity contribution in [1.29, 1.82) is 15.8 Å². The fraction of sp³-hybridized carbons (Fsp3) is 0.293. The number of hydrogen-bond acceptors (Lipinski definition) is 18. The van der Waals surface area contributed by atoms with E-state index in [4.69, 9.17) is 65.8 Å². The minimum Gasteiger partial charge on any atom is -0.481 e. The van der Waals surface area contributed by atoms with Crippen molar-refractivity contribution >= 4 is 104 Å². The smallest absolute Gasteiger partial charge is 0.310 e. The molecule has 0 spiro atoms. The summed E-state index contributed by atoms with van der Waals surface area (Å²) in [5, 5.41) is 74.5. The van der Waals surface area contributed by atoms with E-state index in [9.17, 15) is 84.5 Å². The first-order chi connectivity index (χ1) is 62.0. The number of carbonyl (C=O) groups is 7. The van der Waals surface area contributed by atoms with Gasteiger partial charge in [0.25, 0.3) is 0 Å². The van der Waals surface area contributed by atoms with E-state index in [1.165, 1.54) is 108 Å². The molecule has 24 nitrogen and oxygen atoms in total. The molecule has 34 heteroatoms. The van der Waals surface area contributed by atoms with Crippen LogP contribution in [0.4, 0.5) is 47.8 Å². The average molecular weight is 1980 g/mol. The van der Waals surface area contributed by atoms with Gasteiger partial charge in [-0.05, 0) is 231 Å². The number of rotatable bonds is 22. The number of ketones is 5. The van der Waals surface area contributed by atoms with Crippen LogP contribution in [-0.4, -0.2) is 80.5 Å². The molecule has 9 aromatic carbocycles. The molecule has 0 aliphatic carbocycles. The summed E-state index contributed by atoms with van der Waals surface area (Å²) in [5.74, 6) is -10.1. The van der Waals surface area contributed by atoms with Gasteiger partial charge < -0.3 is 21.7 Å². The number of halogens is 10. The van der Waals surface area contributed by atoms with E-state index in [2.05, 4.69) is 52.7 Å². The van der Waals surface area contributed by atoms with E-state index in [1.54, 1.807) is 89.2 Å². The van der Waals surface area contributed by atoms with Gasteiger partial charge in [0.1, 0.15) is 76.2 Å². The van der Waals surface area contributed by atoms with E-state index >= 15 is 0 Å². The number of nitrogens with zero attached hydrogens (tertiary/aromatic N) is 9. The molecule has 0 aliphatic rings. The van der Waals surface area contributed by atoms with Gasteiger partial charge in [0, 0.05) is 84.8 Å². The van der Waals surface area contributed by atoms with Gasteiger partial charge in [-0.25, -0.2) is 31.3 Å². The van der Waals surface area contributed by atoms with Gasteiger partial charge in [-0.3, -0.25) is 53.8 Å². The standard InChI is InChI=1S/C25H25ClFN3O.C14H18ClN3.C11H10FNO.C10H10FIO.C10H10FNO3.C10H8FNO2.C10H12FNO.C9H8FNO4/c1-16(17-8-9-18(15-28)22(27)12-17)23(31)11-10-21-14-24(25(2,3)4)29-30(21)20-7-5-6-19(26)13-20;1-14(2,3)13-8-12(9-16)18(17-13)11-6-4-5-10(15)7-11;1-7(8(2)14)9-3-4-10(6-13)11(12)5-9;1-6(7(2)13)8-3-4-10(12)9(11)5-8;1-6(7(2)13)8-3-4-10(12(14)15)9(11)5-8;1-6(10(13)14)7-2-3-8(5-12)9(11)4-7;1-6(7(2)13)8-3-4-10(12)9(11)5-8;1-5(9(12)13)6-2-3-8(11(14)15)7(10)4-6/h5-9,12-14,16H,10-11H2,1-4H3;4-8H,9,16H2,1-3H3;3-5,7H,1-2H3;3-6H,1-2H3;3-6H,1-2H3;2-4,6H,1H3,(H,13,14);3-6H,12H2,1-2H3;2-5H,1H3,(H,12,13). The van der Waals surface area contributed by atoms with E-state index < -0.39 is 91.7 Å². The van der Waals surface area contributed by atoms with Crippen molar-refractivity contribution in [2.24, 2.45) is 5.73 Å². The molecule has 0 fully saturated rings. The normalized spacial score (nSPS) is 12.2. The lowest BCUT2D eigenvalue weighted by Crippen LogP contribution is -2.13. The van der Waals surface area contributed by atoms with Crippen LogP contribution in [-0.2, 0) is 57.4 Å². The number of aryl methyl sites for hydroxylation is 1. The second-order valence-electron chi connectivity index (χ2n) is 32.6. The summed E-state index contributed by atoms with van der Waals surface area (Å²) in [6, 6.07) is 52.6. The molecule has 11 rings (SSSR count). The van der Waals surface area contributed by atoms with Crippen LogP contribution in [0.25, 0.3) is 11.4 Å². The van der Waals surface area contributed by atoms with Gasteiger partial charge in [0.05, 0.1) is 72.5 Å². The summed E-state index contributed by atoms with van der Waals surface area (Å²) in [5.41, 5.74) is 19.0. The summed E-state index contributed by atoms with van der Waals surface area (Å²) < 4.78 is 96.8. The van der Waals surface area contributed by atoms with Crippen LogP contribution in [0.5, 0.6) is 0 Å². The molecule has 6 N–H and O–H groups in total. The summed E-state index contributed by atoms with van der Waals surface area (Å²) >= 11 is 14.1. The Labute approximate surface area is 789 Å². The quantitative estimate of drug-likeness (QED) is 0.0161. The minimum atomic E-state index is -1.11. The highest BCUT2D eigenvalue weighted by Gasteiger charge is 2.27. The fourth-order valence-corrected chi connectivity index (χ4v) is 12.3. The molecule has 0 amide bonds. The van der Waals surface area contributed by atoms with Crippen molar-refractivity contribution in [3.63, 3.8) is 0 Å². The Hall–Kier alpha value is -13.5. The number of carbonyl (C=O) groups excluding carboxylic acids is 5. The van der Waals surface area contributed by atoms with Gasteiger partial charge >= 0.3 is 23.3 Å². The van der Waals surface area contributed by atoms with Gasteiger partial charge in [-0.2, -0.15) is 34.8 Å². The fourth-order valence-electron chi connectivity index (χ4n) is 11.6. The number of nitro benzene ring substituents is 2. The predicted octanol–water partition coefficient (Wildman–Crippen LogP) is 23.3. The van der Waals surface area contributed by atoms with Gasteiger partial charge in [-0.1, -0.05) is 154 Å². The largest absolute Gasteiger partial charge is 0.481 e. The lowest BCUT2D eigenvalue weighted by atomic mass is 9.91. The number of nitrogen functional groups attached to an aromatic ring is 1. The van der Waals surface area contributed by atoms with Crippen molar-refractivity contribution in [2.45, 2.75) is 189 Å². The Bertz CT molecular complexity index is 5970. The first kappa shape index (κ1) is 112. The number of Topliss-reactive ketones (excluding diaryl/α,β-unsaturated/α-hetero) is 5. The Morgan fingerprint density at radius 3 is 1.01 bits per heavy atom. The zero-order valence-corrected chi connectivity index (χ0v) is 79.6. The summed E-state index contributed by atoms with van der Waals surface area (Å²) in [6.07, 6.45) is 0.788. The summed E-state index contributed by atoms with van der Waals surface area (Å²) in [4.78, 5) is 97.0. The maximum atomic E-state index is 14.0.